The molecule has 0 saturated heterocycles. The van der Waals surface area contributed by atoms with E-state index in [2.05, 4.69) is 15.9 Å². The minimum atomic E-state index is -0.503. The number of halogens is 1. The number of hydrogen-bond donors (Lipinski definition) is 1. The summed E-state index contributed by atoms with van der Waals surface area (Å²) < 4.78 is 6.32. The SMILES string of the molecule is COc1c(C)c(Br)cc(C)c1C(C)O. The highest BCUT2D eigenvalue weighted by molar-refractivity contribution is 9.10. The molecule has 1 aromatic rings. The Kier molecular flexibility index (Phi) is 3.56. The van der Waals surface area contributed by atoms with Crippen LogP contribution in [0, 0.1) is 13.8 Å². The van der Waals surface area contributed by atoms with E-state index in [4.69, 9.17) is 4.74 Å². The lowest BCUT2D eigenvalue weighted by molar-refractivity contribution is 0.193. The highest BCUT2D eigenvalue weighted by Gasteiger charge is 2.16. The van der Waals surface area contributed by atoms with Gasteiger partial charge in [0.05, 0.1) is 13.2 Å². The monoisotopic (exact) mass is 258 g/mol. The Hall–Kier alpha value is -0.540. The molecule has 1 unspecified atom stereocenters. The summed E-state index contributed by atoms with van der Waals surface area (Å²) in [6.45, 7) is 5.68. The fourth-order valence-corrected chi connectivity index (χ4v) is 2.17. The fourth-order valence-electron chi connectivity index (χ4n) is 1.65. The van der Waals surface area contributed by atoms with Crippen LogP contribution in [-0.4, -0.2) is 12.2 Å². The average molecular weight is 259 g/mol. The molecule has 0 fully saturated rings. The zero-order chi connectivity index (χ0) is 10.9. The van der Waals surface area contributed by atoms with Crippen molar-refractivity contribution in [2.75, 3.05) is 7.11 Å². The first-order valence-electron chi connectivity index (χ1n) is 4.50. The summed E-state index contributed by atoms with van der Waals surface area (Å²) in [5.74, 6) is 0.770. The van der Waals surface area contributed by atoms with Crippen molar-refractivity contribution in [1.82, 2.24) is 0 Å². The Bertz CT molecular complexity index is 346. The van der Waals surface area contributed by atoms with Crippen molar-refractivity contribution in [3.8, 4) is 5.75 Å². The van der Waals surface area contributed by atoms with Crippen molar-refractivity contribution in [2.24, 2.45) is 0 Å². The van der Waals surface area contributed by atoms with Gasteiger partial charge in [0.1, 0.15) is 5.75 Å². The van der Waals surface area contributed by atoms with E-state index in [1.807, 2.05) is 19.9 Å². The summed E-state index contributed by atoms with van der Waals surface area (Å²) in [7, 11) is 1.63. The Balaban J connectivity index is 3.47. The second-order valence-electron chi connectivity index (χ2n) is 3.42. The lowest BCUT2D eigenvalue weighted by Crippen LogP contribution is -2.02. The minimum absolute atomic E-state index is 0.503. The highest BCUT2D eigenvalue weighted by atomic mass is 79.9. The second-order valence-corrected chi connectivity index (χ2v) is 4.28. The van der Waals surface area contributed by atoms with Crippen LogP contribution in [0.15, 0.2) is 10.5 Å². The van der Waals surface area contributed by atoms with Crippen molar-refractivity contribution in [3.63, 3.8) is 0 Å². The molecular weight excluding hydrogens is 244 g/mol. The van der Waals surface area contributed by atoms with E-state index in [9.17, 15) is 5.11 Å². The van der Waals surface area contributed by atoms with Gasteiger partial charge in [0, 0.05) is 15.6 Å². The van der Waals surface area contributed by atoms with Gasteiger partial charge in [0.25, 0.3) is 0 Å². The number of rotatable bonds is 2. The van der Waals surface area contributed by atoms with Gasteiger partial charge in [-0.1, -0.05) is 15.9 Å². The topological polar surface area (TPSA) is 29.5 Å². The average Bonchev–Trinajstić information content (AvgIpc) is 2.09. The van der Waals surface area contributed by atoms with Gasteiger partial charge in [0.2, 0.25) is 0 Å². The first-order valence-corrected chi connectivity index (χ1v) is 5.30. The van der Waals surface area contributed by atoms with E-state index in [1.54, 1.807) is 14.0 Å². The van der Waals surface area contributed by atoms with Crippen molar-refractivity contribution in [3.05, 3.63) is 27.2 Å². The van der Waals surface area contributed by atoms with Crippen LogP contribution < -0.4 is 4.74 Å². The van der Waals surface area contributed by atoms with Crippen LogP contribution in [0.4, 0.5) is 0 Å². The molecule has 0 aliphatic rings. The molecule has 0 aromatic heterocycles. The molecule has 0 aliphatic carbocycles. The van der Waals surface area contributed by atoms with Gasteiger partial charge < -0.3 is 9.84 Å². The molecule has 2 nitrogen and oxygen atoms in total. The van der Waals surface area contributed by atoms with Gasteiger partial charge in [-0.25, -0.2) is 0 Å². The summed E-state index contributed by atoms with van der Waals surface area (Å²) in [5, 5.41) is 9.64. The van der Waals surface area contributed by atoms with Gasteiger partial charge in [-0.05, 0) is 32.4 Å². The maximum absolute atomic E-state index is 9.64. The van der Waals surface area contributed by atoms with E-state index in [-0.39, 0.29) is 0 Å². The standard InChI is InChI=1S/C11H15BrO2/c1-6-5-9(12)7(2)11(14-4)10(6)8(3)13/h5,8,13H,1-4H3. The molecular formula is C11H15BrO2. The maximum atomic E-state index is 9.64. The molecule has 0 amide bonds. The Morgan fingerprint density at radius 1 is 1.43 bits per heavy atom. The summed E-state index contributed by atoms with van der Waals surface area (Å²) in [4.78, 5) is 0. The molecule has 3 heteroatoms. The Morgan fingerprint density at radius 2 is 2.00 bits per heavy atom. The maximum Gasteiger partial charge on any atom is 0.128 e. The van der Waals surface area contributed by atoms with Gasteiger partial charge in [-0.15, -0.1) is 0 Å². The zero-order valence-corrected chi connectivity index (χ0v) is 10.5. The van der Waals surface area contributed by atoms with E-state index in [1.165, 1.54) is 0 Å². The lowest BCUT2D eigenvalue weighted by Gasteiger charge is -2.17. The molecule has 1 rings (SSSR count). The first kappa shape index (κ1) is 11.5. The van der Waals surface area contributed by atoms with Crippen LogP contribution in [-0.2, 0) is 0 Å². The smallest absolute Gasteiger partial charge is 0.128 e. The van der Waals surface area contributed by atoms with E-state index in [0.717, 1.165) is 26.9 Å². The number of methoxy groups -OCH3 is 1. The molecule has 0 spiro atoms. The molecule has 14 heavy (non-hydrogen) atoms. The van der Waals surface area contributed by atoms with Crippen molar-refractivity contribution in [2.45, 2.75) is 26.9 Å². The third-order valence-electron chi connectivity index (χ3n) is 2.33. The van der Waals surface area contributed by atoms with E-state index < -0.39 is 6.10 Å². The number of hydrogen-bond acceptors (Lipinski definition) is 2. The lowest BCUT2D eigenvalue weighted by atomic mass is 10.00. The predicted octanol–water partition coefficient (Wildman–Crippen LogP) is 3.13. The zero-order valence-electron chi connectivity index (χ0n) is 8.89. The normalized spacial score (nSPS) is 12.7. The molecule has 1 aromatic carbocycles. The molecule has 0 bridgehead atoms. The third kappa shape index (κ3) is 1.93. The molecule has 0 saturated carbocycles. The van der Waals surface area contributed by atoms with Crippen LogP contribution >= 0.6 is 15.9 Å². The van der Waals surface area contributed by atoms with Crippen LogP contribution in [0.5, 0.6) is 5.75 Å². The van der Waals surface area contributed by atoms with Crippen LogP contribution in [0.1, 0.15) is 29.7 Å². The first-order chi connectivity index (χ1) is 6.49. The molecule has 1 atom stereocenters. The molecule has 0 heterocycles. The molecule has 78 valence electrons. The Morgan fingerprint density at radius 3 is 2.43 bits per heavy atom. The number of aliphatic hydroxyl groups excluding tert-OH is 1. The van der Waals surface area contributed by atoms with Crippen LogP contribution in [0.2, 0.25) is 0 Å². The summed E-state index contributed by atoms with van der Waals surface area (Å²) in [6.07, 6.45) is -0.503. The van der Waals surface area contributed by atoms with E-state index >= 15 is 0 Å². The number of aryl methyl sites for hydroxylation is 1. The largest absolute Gasteiger partial charge is 0.496 e. The molecule has 0 radical (unpaired) electrons. The number of ether oxygens (including phenoxy) is 1. The minimum Gasteiger partial charge on any atom is -0.496 e. The van der Waals surface area contributed by atoms with Gasteiger partial charge in [0.15, 0.2) is 0 Å². The van der Waals surface area contributed by atoms with Gasteiger partial charge in [-0.2, -0.15) is 0 Å². The van der Waals surface area contributed by atoms with Crippen molar-refractivity contribution in [1.29, 1.82) is 0 Å². The number of aliphatic hydroxyl groups is 1. The third-order valence-corrected chi connectivity index (χ3v) is 3.16. The predicted molar refractivity (Wildman–Crippen MR) is 60.8 cm³/mol. The van der Waals surface area contributed by atoms with Crippen molar-refractivity contribution >= 4 is 15.9 Å². The molecule has 0 aliphatic heterocycles. The van der Waals surface area contributed by atoms with Crippen LogP contribution in [0.3, 0.4) is 0 Å². The summed E-state index contributed by atoms with van der Waals surface area (Å²) in [6, 6.07) is 2.00. The molecule has 1 N–H and O–H groups in total. The van der Waals surface area contributed by atoms with E-state index in [0.29, 0.717) is 0 Å². The second kappa shape index (κ2) is 4.32. The Labute approximate surface area is 93.0 Å². The summed E-state index contributed by atoms with van der Waals surface area (Å²) in [5.41, 5.74) is 2.93. The summed E-state index contributed by atoms with van der Waals surface area (Å²) >= 11 is 3.46. The number of benzene rings is 1. The quantitative estimate of drug-likeness (QED) is 0.884. The van der Waals surface area contributed by atoms with Crippen LogP contribution in [0.25, 0.3) is 0 Å². The van der Waals surface area contributed by atoms with Gasteiger partial charge in [-0.3, -0.25) is 0 Å². The van der Waals surface area contributed by atoms with Crippen molar-refractivity contribution < 1.29 is 9.84 Å². The fraction of sp³-hybridized carbons (Fsp3) is 0.455. The highest BCUT2D eigenvalue weighted by Crippen LogP contribution is 2.36. The van der Waals surface area contributed by atoms with Gasteiger partial charge >= 0.3 is 0 Å².